The summed E-state index contributed by atoms with van der Waals surface area (Å²) < 4.78 is 12.9. The first kappa shape index (κ1) is 13.6. The Labute approximate surface area is 101 Å². The van der Waals surface area contributed by atoms with Crippen molar-refractivity contribution in [2.24, 2.45) is 0 Å². The van der Waals surface area contributed by atoms with Crippen LogP contribution < -0.4 is 0 Å². The molecule has 0 aliphatic rings. The molecule has 0 spiro atoms. The van der Waals surface area contributed by atoms with Crippen LogP contribution in [0.2, 0.25) is 0 Å². The molecule has 1 aromatic carbocycles. The van der Waals surface area contributed by atoms with Gasteiger partial charge in [-0.15, -0.1) is 0 Å². The summed E-state index contributed by atoms with van der Waals surface area (Å²) in [5.41, 5.74) is 0.315. The van der Waals surface area contributed by atoms with E-state index in [0.29, 0.717) is 18.7 Å². The van der Waals surface area contributed by atoms with Crippen LogP contribution in [0.3, 0.4) is 0 Å². The van der Waals surface area contributed by atoms with Crippen molar-refractivity contribution in [3.8, 4) is 6.07 Å². The molecule has 1 aromatic rings. The SMILES string of the molecule is CN(Cc1ccc(F)cc1C#N)CC(C)(C)O. The Hall–Kier alpha value is -1.44. The summed E-state index contributed by atoms with van der Waals surface area (Å²) in [6.45, 7) is 4.43. The van der Waals surface area contributed by atoms with Gasteiger partial charge in [0.15, 0.2) is 0 Å². The number of hydrogen-bond donors (Lipinski definition) is 1. The lowest BCUT2D eigenvalue weighted by Crippen LogP contribution is -2.35. The van der Waals surface area contributed by atoms with E-state index in [-0.39, 0.29) is 0 Å². The van der Waals surface area contributed by atoms with Crippen molar-refractivity contribution >= 4 is 0 Å². The summed E-state index contributed by atoms with van der Waals surface area (Å²) in [5, 5.41) is 18.6. The summed E-state index contributed by atoms with van der Waals surface area (Å²) in [6, 6.07) is 6.15. The van der Waals surface area contributed by atoms with Gasteiger partial charge in [0.05, 0.1) is 17.2 Å². The molecule has 0 amide bonds. The zero-order valence-electron chi connectivity index (χ0n) is 10.4. The fourth-order valence-corrected chi connectivity index (χ4v) is 1.80. The molecular formula is C13H17FN2O. The van der Waals surface area contributed by atoms with Crippen molar-refractivity contribution in [2.45, 2.75) is 26.0 Å². The molecule has 0 aliphatic carbocycles. The molecule has 0 unspecified atom stereocenters. The Kier molecular flexibility index (Phi) is 4.22. The summed E-state index contributed by atoms with van der Waals surface area (Å²) in [6.07, 6.45) is 0. The van der Waals surface area contributed by atoms with Crippen molar-refractivity contribution in [3.05, 3.63) is 35.1 Å². The first-order chi connectivity index (χ1) is 7.81. The number of nitrogens with zero attached hydrogens (tertiary/aromatic N) is 2. The molecule has 0 fully saturated rings. The van der Waals surface area contributed by atoms with Gasteiger partial charge in [-0.3, -0.25) is 4.90 Å². The van der Waals surface area contributed by atoms with Crippen LogP contribution in [0.25, 0.3) is 0 Å². The normalized spacial score (nSPS) is 11.6. The molecule has 0 saturated heterocycles. The first-order valence-electron chi connectivity index (χ1n) is 5.41. The third-order valence-corrected chi connectivity index (χ3v) is 2.29. The van der Waals surface area contributed by atoms with Crippen LogP contribution in [0.5, 0.6) is 0 Å². The minimum atomic E-state index is -0.790. The number of rotatable bonds is 4. The van der Waals surface area contributed by atoms with Gasteiger partial charge in [0, 0.05) is 13.1 Å². The van der Waals surface area contributed by atoms with E-state index in [1.165, 1.54) is 12.1 Å². The highest BCUT2D eigenvalue weighted by Gasteiger charge is 2.16. The summed E-state index contributed by atoms with van der Waals surface area (Å²) in [7, 11) is 1.85. The van der Waals surface area contributed by atoms with Gasteiger partial charge in [0.25, 0.3) is 0 Å². The second kappa shape index (κ2) is 5.26. The highest BCUT2D eigenvalue weighted by Crippen LogP contribution is 2.14. The van der Waals surface area contributed by atoms with Crippen LogP contribution in [0.1, 0.15) is 25.0 Å². The van der Waals surface area contributed by atoms with Gasteiger partial charge < -0.3 is 5.11 Å². The van der Waals surface area contributed by atoms with Gasteiger partial charge in [-0.2, -0.15) is 5.26 Å². The van der Waals surface area contributed by atoms with Crippen molar-refractivity contribution in [1.29, 1.82) is 5.26 Å². The molecule has 0 atom stereocenters. The molecule has 0 radical (unpaired) electrons. The maximum Gasteiger partial charge on any atom is 0.124 e. The fourth-order valence-electron chi connectivity index (χ4n) is 1.80. The first-order valence-corrected chi connectivity index (χ1v) is 5.41. The largest absolute Gasteiger partial charge is 0.389 e. The Balaban J connectivity index is 2.79. The van der Waals surface area contributed by atoms with Gasteiger partial charge >= 0.3 is 0 Å². The summed E-state index contributed by atoms with van der Waals surface area (Å²) >= 11 is 0. The highest BCUT2D eigenvalue weighted by molar-refractivity contribution is 5.37. The van der Waals surface area contributed by atoms with E-state index in [1.54, 1.807) is 19.9 Å². The van der Waals surface area contributed by atoms with Gasteiger partial charge in [-0.1, -0.05) is 6.07 Å². The molecule has 0 heterocycles. The quantitative estimate of drug-likeness (QED) is 0.868. The molecule has 0 bridgehead atoms. The fraction of sp³-hybridized carbons (Fsp3) is 0.462. The lowest BCUT2D eigenvalue weighted by molar-refractivity contribution is 0.0424. The minimum Gasteiger partial charge on any atom is -0.389 e. The average Bonchev–Trinajstić information content (AvgIpc) is 2.17. The van der Waals surface area contributed by atoms with Crippen molar-refractivity contribution in [1.82, 2.24) is 4.90 Å². The van der Waals surface area contributed by atoms with E-state index in [9.17, 15) is 9.50 Å². The van der Waals surface area contributed by atoms with Gasteiger partial charge in [-0.05, 0) is 38.6 Å². The second-order valence-electron chi connectivity index (χ2n) is 4.90. The maximum absolute atomic E-state index is 12.9. The maximum atomic E-state index is 12.9. The summed E-state index contributed by atoms with van der Waals surface area (Å²) in [4.78, 5) is 1.90. The van der Waals surface area contributed by atoms with Crippen LogP contribution in [0.15, 0.2) is 18.2 Å². The number of nitriles is 1. The molecule has 3 nitrogen and oxygen atoms in total. The molecule has 4 heteroatoms. The molecule has 1 N–H and O–H groups in total. The van der Waals surface area contributed by atoms with Crippen LogP contribution in [-0.2, 0) is 6.54 Å². The molecule has 0 aliphatic heterocycles. The smallest absolute Gasteiger partial charge is 0.124 e. The average molecular weight is 236 g/mol. The van der Waals surface area contributed by atoms with E-state index in [2.05, 4.69) is 0 Å². The Morgan fingerprint density at radius 2 is 2.12 bits per heavy atom. The number of aliphatic hydroxyl groups is 1. The standard InChI is InChI=1S/C13H17FN2O/c1-13(2,17)9-16(3)8-10-4-5-12(14)6-11(10)7-15/h4-6,17H,8-9H2,1-3H3. The van der Waals surface area contributed by atoms with Crippen molar-refractivity contribution < 1.29 is 9.50 Å². The number of benzene rings is 1. The third kappa shape index (κ3) is 4.51. The predicted molar refractivity (Wildman–Crippen MR) is 63.7 cm³/mol. The highest BCUT2D eigenvalue weighted by atomic mass is 19.1. The predicted octanol–water partition coefficient (Wildman–Crippen LogP) is 1.90. The number of hydrogen-bond acceptors (Lipinski definition) is 3. The zero-order valence-corrected chi connectivity index (χ0v) is 10.4. The minimum absolute atomic E-state index is 0.340. The molecule has 17 heavy (non-hydrogen) atoms. The van der Waals surface area contributed by atoms with Gasteiger partial charge in [0.2, 0.25) is 0 Å². The summed E-state index contributed by atoms with van der Waals surface area (Å²) in [5.74, 6) is -0.407. The van der Waals surface area contributed by atoms with E-state index >= 15 is 0 Å². The number of halogens is 1. The Morgan fingerprint density at radius 3 is 2.65 bits per heavy atom. The molecular weight excluding hydrogens is 219 g/mol. The van der Waals surface area contributed by atoms with Gasteiger partial charge in [-0.25, -0.2) is 4.39 Å². The van der Waals surface area contributed by atoms with E-state index in [1.807, 2.05) is 18.0 Å². The monoisotopic (exact) mass is 236 g/mol. The van der Waals surface area contributed by atoms with Crippen LogP contribution >= 0.6 is 0 Å². The number of likely N-dealkylation sites (N-methyl/N-ethyl adjacent to an activating group) is 1. The second-order valence-corrected chi connectivity index (χ2v) is 4.90. The Bertz CT molecular complexity index is 432. The zero-order chi connectivity index (χ0) is 13.1. The molecule has 92 valence electrons. The lowest BCUT2D eigenvalue weighted by Gasteiger charge is -2.25. The van der Waals surface area contributed by atoms with Crippen molar-refractivity contribution in [2.75, 3.05) is 13.6 Å². The Morgan fingerprint density at radius 1 is 1.47 bits per heavy atom. The van der Waals surface area contributed by atoms with Crippen LogP contribution in [-0.4, -0.2) is 29.2 Å². The molecule has 0 saturated carbocycles. The third-order valence-electron chi connectivity index (χ3n) is 2.29. The molecule has 0 aromatic heterocycles. The van der Waals surface area contributed by atoms with Crippen molar-refractivity contribution in [3.63, 3.8) is 0 Å². The topological polar surface area (TPSA) is 47.3 Å². The van der Waals surface area contributed by atoms with Crippen LogP contribution in [0, 0.1) is 17.1 Å². The van der Waals surface area contributed by atoms with E-state index in [4.69, 9.17) is 5.26 Å². The van der Waals surface area contributed by atoms with Crippen LogP contribution in [0.4, 0.5) is 4.39 Å². The van der Waals surface area contributed by atoms with E-state index in [0.717, 1.165) is 5.56 Å². The van der Waals surface area contributed by atoms with E-state index < -0.39 is 11.4 Å². The lowest BCUT2D eigenvalue weighted by atomic mass is 10.1. The molecule has 1 rings (SSSR count). The van der Waals surface area contributed by atoms with Gasteiger partial charge in [0.1, 0.15) is 5.82 Å².